The summed E-state index contributed by atoms with van der Waals surface area (Å²) in [4.78, 5) is 1.72. The molecule has 13 heavy (non-hydrogen) atoms. The topological polar surface area (TPSA) is 4.44 Å². The van der Waals surface area contributed by atoms with E-state index < -0.39 is 7.25 Å². The number of rotatable bonds is 0. The van der Waals surface area contributed by atoms with Gasteiger partial charge >= 0.3 is 7.25 Å². The maximum Gasteiger partial charge on any atom is 0.673 e. The van der Waals surface area contributed by atoms with Crippen LogP contribution in [0.2, 0.25) is 0 Å². The molecule has 80 valence electrons. The Hall–Kier alpha value is -0.255. The molecule has 6 heteroatoms. The predicted octanol–water partition coefficient (Wildman–Crippen LogP) is 1.37. The summed E-state index contributed by atoms with van der Waals surface area (Å²) in [7, 11) is -3.70. The Morgan fingerprint density at radius 1 is 1.15 bits per heavy atom. The third-order valence-electron chi connectivity index (χ3n) is 2.30. The van der Waals surface area contributed by atoms with Crippen LogP contribution in [0.3, 0.4) is 0 Å². The standard InChI is InChI=1S/C7H15N.BF4/c1-7-5-3-4-6-8(7)2;2-1(3,4)5/h7H,3-6H2,1-2H3;/q;-1/p+1. The maximum atomic E-state index is 9.75. The number of nitrogens with one attached hydrogen (secondary N) is 1. The lowest BCUT2D eigenvalue weighted by atomic mass is 10.1. The summed E-state index contributed by atoms with van der Waals surface area (Å²) in [6.45, 7) is 3.73. The molecule has 1 heterocycles. The quantitative estimate of drug-likeness (QED) is 0.446. The Bertz CT molecular complexity index is 123. The molecule has 0 bridgehead atoms. The smallest absolute Gasteiger partial charge is 0.418 e. The van der Waals surface area contributed by atoms with Crippen molar-refractivity contribution in [2.75, 3.05) is 13.6 Å². The zero-order valence-corrected chi connectivity index (χ0v) is 7.99. The molecule has 0 aromatic rings. The molecule has 0 radical (unpaired) electrons. The van der Waals surface area contributed by atoms with Gasteiger partial charge in [-0.05, 0) is 26.2 Å². The van der Waals surface area contributed by atoms with Crippen LogP contribution in [0.15, 0.2) is 0 Å². The summed E-state index contributed by atoms with van der Waals surface area (Å²) >= 11 is 0. The van der Waals surface area contributed by atoms with E-state index in [4.69, 9.17) is 0 Å². The van der Waals surface area contributed by atoms with E-state index in [0.29, 0.717) is 0 Å². The van der Waals surface area contributed by atoms with Gasteiger partial charge in [0.05, 0.1) is 19.6 Å². The third kappa shape index (κ3) is 9.66. The normalized spacial score (nSPS) is 29.1. The molecular weight excluding hydrogens is 185 g/mol. The van der Waals surface area contributed by atoms with E-state index in [0.717, 1.165) is 6.04 Å². The van der Waals surface area contributed by atoms with Gasteiger partial charge in [0.15, 0.2) is 0 Å². The van der Waals surface area contributed by atoms with Gasteiger partial charge in [0.2, 0.25) is 0 Å². The van der Waals surface area contributed by atoms with Crippen molar-refractivity contribution < 1.29 is 22.2 Å². The number of likely N-dealkylation sites (tertiary alicyclic amines) is 1. The van der Waals surface area contributed by atoms with E-state index in [1.54, 1.807) is 4.90 Å². The Morgan fingerprint density at radius 2 is 1.62 bits per heavy atom. The highest BCUT2D eigenvalue weighted by atomic mass is 19.5. The van der Waals surface area contributed by atoms with Gasteiger partial charge in [0.1, 0.15) is 0 Å². The number of hydrogen-bond donors (Lipinski definition) is 1. The van der Waals surface area contributed by atoms with Crippen molar-refractivity contribution in [3.8, 4) is 0 Å². The predicted molar refractivity (Wildman–Crippen MR) is 45.3 cm³/mol. The minimum atomic E-state index is -6.00. The summed E-state index contributed by atoms with van der Waals surface area (Å²) in [6, 6.07) is 0.920. The number of piperidine rings is 1. The van der Waals surface area contributed by atoms with Crippen molar-refractivity contribution in [3.05, 3.63) is 0 Å². The number of hydrogen-bond acceptors (Lipinski definition) is 0. The van der Waals surface area contributed by atoms with Gasteiger partial charge in [-0.2, -0.15) is 0 Å². The average molecular weight is 201 g/mol. The van der Waals surface area contributed by atoms with Gasteiger partial charge in [-0.1, -0.05) is 0 Å². The lowest BCUT2D eigenvalue weighted by Gasteiger charge is -2.25. The summed E-state index contributed by atoms with van der Waals surface area (Å²) in [5, 5.41) is 0. The Morgan fingerprint density at radius 3 is 1.85 bits per heavy atom. The minimum absolute atomic E-state index is 0.920. The minimum Gasteiger partial charge on any atom is -0.418 e. The van der Waals surface area contributed by atoms with E-state index in [9.17, 15) is 17.3 Å². The van der Waals surface area contributed by atoms with E-state index in [-0.39, 0.29) is 0 Å². The molecule has 1 saturated heterocycles. The molecule has 1 nitrogen and oxygen atoms in total. The second-order valence-corrected chi connectivity index (χ2v) is 3.49. The van der Waals surface area contributed by atoms with Crippen molar-refractivity contribution in [1.82, 2.24) is 0 Å². The fraction of sp³-hybridized carbons (Fsp3) is 1.00. The summed E-state index contributed by atoms with van der Waals surface area (Å²) in [5.41, 5.74) is 0. The Balaban J connectivity index is 0.000000252. The van der Waals surface area contributed by atoms with Crippen LogP contribution in [-0.2, 0) is 0 Å². The zero-order chi connectivity index (χ0) is 10.5. The van der Waals surface area contributed by atoms with Crippen molar-refractivity contribution in [1.29, 1.82) is 0 Å². The molecule has 0 aromatic heterocycles. The highest BCUT2D eigenvalue weighted by Crippen LogP contribution is 2.06. The number of quaternary nitrogens is 1. The van der Waals surface area contributed by atoms with Crippen LogP contribution < -0.4 is 4.90 Å². The lowest BCUT2D eigenvalue weighted by Crippen LogP contribution is -3.13. The van der Waals surface area contributed by atoms with Crippen molar-refractivity contribution in [2.45, 2.75) is 32.2 Å². The van der Waals surface area contributed by atoms with Crippen molar-refractivity contribution >= 4 is 7.25 Å². The highest BCUT2D eigenvalue weighted by molar-refractivity contribution is 6.50. The highest BCUT2D eigenvalue weighted by Gasteiger charge is 2.20. The molecule has 2 atom stereocenters. The van der Waals surface area contributed by atoms with Crippen LogP contribution in [0.5, 0.6) is 0 Å². The SMILES string of the molecule is CC1CCCC[NH+]1C.F[B-](F)(F)F. The van der Waals surface area contributed by atoms with Crippen LogP contribution in [-0.4, -0.2) is 26.9 Å². The van der Waals surface area contributed by atoms with Gasteiger partial charge in [-0.3, -0.25) is 0 Å². The van der Waals surface area contributed by atoms with E-state index in [1.165, 1.54) is 25.8 Å². The second kappa shape index (κ2) is 5.47. The Labute approximate surface area is 76.2 Å². The first-order valence-corrected chi connectivity index (χ1v) is 4.50. The zero-order valence-electron chi connectivity index (χ0n) is 7.99. The van der Waals surface area contributed by atoms with E-state index in [2.05, 4.69) is 14.0 Å². The summed E-state index contributed by atoms with van der Waals surface area (Å²) in [6.07, 6.45) is 4.33. The summed E-state index contributed by atoms with van der Waals surface area (Å²) in [5.74, 6) is 0. The van der Waals surface area contributed by atoms with Gasteiger partial charge in [-0.15, -0.1) is 0 Å². The van der Waals surface area contributed by atoms with Gasteiger partial charge in [0.25, 0.3) is 0 Å². The lowest BCUT2D eigenvalue weighted by molar-refractivity contribution is -0.909. The molecule has 0 aromatic carbocycles. The molecule has 0 amide bonds. The second-order valence-electron chi connectivity index (χ2n) is 3.49. The van der Waals surface area contributed by atoms with Crippen molar-refractivity contribution in [3.63, 3.8) is 0 Å². The monoisotopic (exact) mass is 201 g/mol. The van der Waals surface area contributed by atoms with Crippen LogP contribution >= 0.6 is 0 Å². The average Bonchev–Trinajstić information content (AvgIpc) is 1.92. The molecule has 1 aliphatic heterocycles. The Kier molecular flexibility index (Phi) is 5.36. The van der Waals surface area contributed by atoms with Crippen LogP contribution in [0.1, 0.15) is 26.2 Å². The maximum absolute atomic E-state index is 9.75. The van der Waals surface area contributed by atoms with Crippen LogP contribution in [0.25, 0.3) is 0 Å². The van der Waals surface area contributed by atoms with Crippen LogP contribution in [0, 0.1) is 0 Å². The first-order valence-electron chi connectivity index (χ1n) is 4.50. The van der Waals surface area contributed by atoms with Gasteiger partial charge in [-0.25, -0.2) is 0 Å². The summed E-state index contributed by atoms with van der Waals surface area (Å²) < 4.78 is 39.0. The van der Waals surface area contributed by atoms with E-state index >= 15 is 0 Å². The molecule has 0 aliphatic carbocycles. The molecule has 0 saturated carbocycles. The fourth-order valence-electron chi connectivity index (χ4n) is 1.35. The van der Waals surface area contributed by atoms with E-state index in [1.807, 2.05) is 0 Å². The molecule has 0 spiro atoms. The molecule has 1 fully saturated rings. The van der Waals surface area contributed by atoms with Crippen molar-refractivity contribution in [2.24, 2.45) is 0 Å². The number of halogens is 4. The molecule has 1 aliphatic rings. The molecule has 1 rings (SSSR count). The molecular formula is C7H16BF4N. The molecule has 1 N–H and O–H groups in total. The van der Waals surface area contributed by atoms with Gasteiger partial charge in [0, 0.05) is 0 Å². The third-order valence-corrected chi connectivity index (χ3v) is 2.30. The fourth-order valence-corrected chi connectivity index (χ4v) is 1.35. The van der Waals surface area contributed by atoms with Gasteiger partial charge < -0.3 is 22.2 Å². The first kappa shape index (κ1) is 12.7. The van der Waals surface area contributed by atoms with Crippen LogP contribution in [0.4, 0.5) is 17.3 Å². The largest absolute Gasteiger partial charge is 0.673 e. The first-order chi connectivity index (χ1) is 5.80. The molecule has 2 unspecified atom stereocenters.